The highest BCUT2D eigenvalue weighted by atomic mass is 32.1. The molecule has 0 fully saturated rings. The Kier molecular flexibility index (Phi) is 2.53. The van der Waals surface area contributed by atoms with Crippen LogP contribution in [0, 0.1) is 4.77 Å². The maximum atomic E-state index is 9.96. The molecule has 0 aliphatic rings. The molecule has 0 radical (unpaired) electrons. The highest BCUT2D eigenvalue weighted by Gasteiger charge is 2.16. The summed E-state index contributed by atoms with van der Waals surface area (Å²) < 4.78 is 1.44. The Morgan fingerprint density at radius 2 is 2.07 bits per heavy atom. The Morgan fingerprint density at radius 3 is 2.60 bits per heavy atom. The number of H-pyrrole nitrogens is 1. The Balaban J connectivity index is 2.41. The quantitative estimate of drug-likeness (QED) is 0.517. The molecule has 78 valence electrons. The van der Waals surface area contributed by atoms with E-state index < -0.39 is 6.10 Å². The van der Waals surface area contributed by atoms with Crippen LogP contribution in [0.5, 0.6) is 0 Å². The van der Waals surface area contributed by atoms with Crippen molar-refractivity contribution in [2.75, 3.05) is 5.84 Å². The average molecular weight is 222 g/mol. The molecule has 0 aliphatic carbocycles. The molecule has 0 amide bonds. The van der Waals surface area contributed by atoms with Gasteiger partial charge in [0.15, 0.2) is 5.82 Å². The van der Waals surface area contributed by atoms with Crippen LogP contribution in [0.3, 0.4) is 0 Å². The first-order chi connectivity index (χ1) is 7.20. The number of hydrogen-bond acceptors (Lipinski definition) is 4. The van der Waals surface area contributed by atoms with E-state index in [0.717, 1.165) is 10.2 Å². The second-order valence-corrected chi connectivity index (χ2v) is 3.46. The minimum absolute atomic E-state index is 0.278. The number of aliphatic hydroxyl groups excluding tert-OH is 1. The predicted molar refractivity (Wildman–Crippen MR) is 58.1 cm³/mol. The van der Waals surface area contributed by atoms with Gasteiger partial charge < -0.3 is 10.9 Å². The second-order valence-electron chi connectivity index (χ2n) is 3.07. The predicted octanol–water partition coefficient (Wildman–Crippen LogP) is 0.736. The van der Waals surface area contributed by atoms with Crippen molar-refractivity contribution in [1.29, 1.82) is 0 Å². The van der Waals surface area contributed by atoms with Gasteiger partial charge in [-0.1, -0.05) is 30.3 Å². The molecule has 15 heavy (non-hydrogen) atoms. The zero-order valence-corrected chi connectivity index (χ0v) is 8.61. The Bertz CT molecular complexity index is 504. The van der Waals surface area contributed by atoms with Gasteiger partial charge in [-0.15, -0.1) is 0 Å². The zero-order valence-electron chi connectivity index (χ0n) is 7.79. The highest BCUT2D eigenvalue weighted by molar-refractivity contribution is 7.71. The van der Waals surface area contributed by atoms with Crippen LogP contribution in [0.15, 0.2) is 30.3 Å². The van der Waals surface area contributed by atoms with Crippen molar-refractivity contribution in [2.24, 2.45) is 0 Å². The molecular formula is C9H10N4OS. The van der Waals surface area contributed by atoms with Crippen LogP contribution in [-0.2, 0) is 0 Å². The standard InChI is InChI=1S/C9H10N4OS/c10-13-8(11-12-9(13)15)7(14)6-4-2-1-3-5-6/h1-5,7,14H,10H2,(H,12,15)/t7-/m0/s1. The first kappa shape index (κ1) is 9.88. The fourth-order valence-electron chi connectivity index (χ4n) is 1.29. The van der Waals surface area contributed by atoms with Crippen LogP contribution in [0.1, 0.15) is 17.5 Å². The monoisotopic (exact) mass is 222 g/mol. The molecule has 0 unspecified atom stereocenters. The van der Waals surface area contributed by atoms with Crippen LogP contribution < -0.4 is 5.84 Å². The molecule has 1 heterocycles. The Hall–Kier alpha value is -1.66. The zero-order chi connectivity index (χ0) is 10.8. The maximum Gasteiger partial charge on any atom is 0.214 e. The summed E-state index contributed by atoms with van der Waals surface area (Å²) in [5.41, 5.74) is 0.721. The number of benzene rings is 1. The number of aliphatic hydroxyl groups is 1. The summed E-state index contributed by atoms with van der Waals surface area (Å²) in [6.45, 7) is 0. The number of nitrogens with two attached hydrogens (primary N) is 1. The number of aromatic nitrogens is 3. The topological polar surface area (TPSA) is 79.9 Å². The number of nitrogens with one attached hydrogen (secondary N) is 1. The van der Waals surface area contributed by atoms with E-state index in [1.807, 2.05) is 18.2 Å². The molecule has 0 aliphatic heterocycles. The molecule has 2 rings (SSSR count). The third-order valence-corrected chi connectivity index (χ3v) is 2.38. The van der Waals surface area contributed by atoms with Crippen molar-refractivity contribution in [3.8, 4) is 0 Å². The molecule has 0 spiro atoms. The summed E-state index contributed by atoms with van der Waals surface area (Å²) in [7, 11) is 0. The van der Waals surface area contributed by atoms with Gasteiger partial charge in [0.2, 0.25) is 4.77 Å². The van der Waals surface area contributed by atoms with E-state index in [2.05, 4.69) is 10.2 Å². The first-order valence-corrected chi connectivity index (χ1v) is 4.76. The van der Waals surface area contributed by atoms with E-state index in [4.69, 9.17) is 18.1 Å². The molecule has 5 nitrogen and oxygen atoms in total. The molecule has 4 N–H and O–H groups in total. The molecular weight excluding hydrogens is 212 g/mol. The summed E-state index contributed by atoms with van der Waals surface area (Å²) in [5.74, 6) is 5.90. The summed E-state index contributed by atoms with van der Waals surface area (Å²) in [6.07, 6.45) is -0.871. The van der Waals surface area contributed by atoms with E-state index in [9.17, 15) is 5.11 Å². The van der Waals surface area contributed by atoms with E-state index in [0.29, 0.717) is 5.82 Å². The van der Waals surface area contributed by atoms with Crippen LogP contribution in [0.25, 0.3) is 0 Å². The van der Waals surface area contributed by atoms with E-state index >= 15 is 0 Å². The SMILES string of the molecule is Nn1c([C@@H](O)c2ccccc2)n[nH]c1=S. The lowest BCUT2D eigenvalue weighted by Crippen LogP contribution is -2.16. The molecule has 0 bridgehead atoms. The van der Waals surface area contributed by atoms with Gasteiger partial charge in [-0.25, -0.2) is 4.68 Å². The third-order valence-electron chi connectivity index (χ3n) is 2.09. The van der Waals surface area contributed by atoms with Gasteiger partial charge in [0.25, 0.3) is 0 Å². The fourth-order valence-corrected chi connectivity index (χ4v) is 1.43. The minimum Gasteiger partial charge on any atom is -0.380 e. The van der Waals surface area contributed by atoms with Crippen molar-refractivity contribution in [3.63, 3.8) is 0 Å². The lowest BCUT2D eigenvalue weighted by atomic mass is 10.1. The minimum atomic E-state index is -0.871. The summed E-state index contributed by atoms with van der Waals surface area (Å²) in [4.78, 5) is 0. The van der Waals surface area contributed by atoms with Crippen LogP contribution in [0.2, 0.25) is 0 Å². The van der Waals surface area contributed by atoms with Gasteiger partial charge >= 0.3 is 0 Å². The molecule has 0 saturated carbocycles. The van der Waals surface area contributed by atoms with Crippen molar-refractivity contribution < 1.29 is 5.11 Å². The van der Waals surface area contributed by atoms with Gasteiger partial charge in [-0.3, -0.25) is 5.10 Å². The van der Waals surface area contributed by atoms with Crippen molar-refractivity contribution in [2.45, 2.75) is 6.10 Å². The lowest BCUT2D eigenvalue weighted by molar-refractivity contribution is 0.206. The highest BCUT2D eigenvalue weighted by Crippen LogP contribution is 2.18. The maximum absolute atomic E-state index is 9.96. The van der Waals surface area contributed by atoms with Crippen LogP contribution >= 0.6 is 12.2 Å². The van der Waals surface area contributed by atoms with Crippen molar-refractivity contribution in [1.82, 2.24) is 14.9 Å². The molecule has 0 saturated heterocycles. The van der Waals surface area contributed by atoms with E-state index in [1.54, 1.807) is 12.1 Å². The summed E-state index contributed by atoms with van der Waals surface area (Å²) >= 11 is 4.85. The lowest BCUT2D eigenvalue weighted by Gasteiger charge is -2.08. The van der Waals surface area contributed by atoms with Gasteiger partial charge in [0.05, 0.1) is 0 Å². The Labute approximate surface area is 91.1 Å². The van der Waals surface area contributed by atoms with Crippen LogP contribution in [-0.4, -0.2) is 20.0 Å². The van der Waals surface area contributed by atoms with Gasteiger partial charge in [-0.2, -0.15) is 5.10 Å². The third kappa shape index (κ3) is 1.77. The van der Waals surface area contributed by atoms with E-state index in [-0.39, 0.29) is 4.77 Å². The summed E-state index contributed by atoms with van der Waals surface area (Å²) in [6, 6.07) is 9.13. The van der Waals surface area contributed by atoms with Crippen LogP contribution in [0.4, 0.5) is 0 Å². The smallest absolute Gasteiger partial charge is 0.214 e. The average Bonchev–Trinajstić information content (AvgIpc) is 2.60. The van der Waals surface area contributed by atoms with Gasteiger partial charge in [-0.05, 0) is 17.8 Å². The van der Waals surface area contributed by atoms with Crippen molar-refractivity contribution >= 4 is 12.2 Å². The normalized spacial score (nSPS) is 12.6. The number of aromatic amines is 1. The summed E-state index contributed by atoms with van der Waals surface area (Å²) in [5, 5.41) is 16.3. The number of nitrogens with zero attached hydrogens (tertiary/aromatic N) is 2. The number of nitrogen functional groups attached to an aromatic ring is 1. The molecule has 1 aromatic heterocycles. The number of hydrogen-bond donors (Lipinski definition) is 3. The molecule has 6 heteroatoms. The fraction of sp³-hybridized carbons (Fsp3) is 0.111. The first-order valence-electron chi connectivity index (χ1n) is 4.35. The largest absolute Gasteiger partial charge is 0.380 e. The van der Waals surface area contributed by atoms with Gasteiger partial charge in [0, 0.05) is 0 Å². The number of rotatable bonds is 2. The molecule has 2 aromatic rings. The second kappa shape index (κ2) is 3.84. The molecule has 1 atom stereocenters. The van der Waals surface area contributed by atoms with Gasteiger partial charge in [0.1, 0.15) is 6.10 Å². The van der Waals surface area contributed by atoms with E-state index in [1.165, 1.54) is 0 Å². The van der Waals surface area contributed by atoms with Crippen molar-refractivity contribution in [3.05, 3.63) is 46.5 Å². The molecule has 1 aromatic carbocycles. The Morgan fingerprint density at radius 1 is 1.40 bits per heavy atom.